The fourth-order valence-corrected chi connectivity index (χ4v) is 3.59. The Morgan fingerprint density at radius 1 is 1.07 bits per heavy atom. The van der Waals surface area contributed by atoms with Crippen LogP contribution in [0.4, 0.5) is 11.6 Å². The molecule has 144 valence electrons. The highest BCUT2D eigenvalue weighted by Crippen LogP contribution is 2.24. The molecule has 0 amide bonds. The predicted molar refractivity (Wildman–Crippen MR) is 114 cm³/mol. The van der Waals surface area contributed by atoms with Crippen LogP contribution in [0, 0.1) is 0 Å². The van der Waals surface area contributed by atoms with E-state index in [2.05, 4.69) is 56.6 Å². The monoisotopic (exact) mass is 374 g/mol. The smallest absolute Gasteiger partial charge is 0.229 e. The summed E-state index contributed by atoms with van der Waals surface area (Å²) in [7, 11) is 0. The largest absolute Gasteiger partial charge is 0.324 e. The molecule has 28 heavy (non-hydrogen) atoms. The minimum Gasteiger partial charge on any atom is -0.324 e. The molecule has 0 radical (unpaired) electrons. The van der Waals surface area contributed by atoms with Crippen LogP contribution in [0.15, 0.2) is 55.9 Å². The summed E-state index contributed by atoms with van der Waals surface area (Å²) in [6.07, 6.45) is 10.5. The van der Waals surface area contributed by atoms with Gasteiger partial charge >= 0.3 is 0 Å². The number of aryl methyl sites for hydroxylation is 1. The Labute approximate surface area is 165 Å². The number of nitrogens with one attached hydrogen (secondary N) is 1. The molecular formula is C22H26N6. The SMILES string of the molecule is C=CCCN1CCc2ccc(Nc3ncc4cnn(CCC=C)c4n3)cc2C1. The molecule has 0 fully saturated rings. The van der Waals surface area contributed by atoms with E-state index < -0.39 is 0 Å². The van der Waals surface area contributed by atoms with Gasteiger partial charge in [0.15, 0.2) is 5.65 Å². The maximum absolute atomic E-state index is 4.67. The lowest BCUT2D eigenvalue weighted by molar-refractivity contribution is 0.259. The summed E-state index contributed by atoms with van der Waals surface area (Å²) in [5.41, 5.74) is 4.66. The molecule has 0 atom stereocenters. The Hall–Kier alpha value is -2.99. The molecule has 0 saturated heterocycles. The minimum absolute atomic E-state index is 0.590. The van der Waals surface area contributed by atoms with E-state index in [0.717, 1.165) is 62.2 Å². The first kappa shape index (κ1) is 18.4. The highest BCUT2D eigenvalue weighted by atomic mass is 15.3. The van der Waals surface area contributed by atoms with Crippen molar-refractivity contribution in [3.8, 4) is 0 Å². The zero-order chi connectivity index (χ0) is 19.3. The summed E-state index contributed by atoms with van der Waals surface area (Å²) in [5, 5.41) is 8.70. The molecule has 1 aliphatic rings. The maximum atomic E-state index is 4.67. The van der Waals surface area contributed by atoms with Crippen LogP contribution in [-0.2, 0) is 19.5 Å². The third-order valence-corrected chi connectivity index (χ3v) is 5.12. The summed E-state index contributed by atoms with van der Waals surface area (Å²) in [6, 6.07) is 6.55. The van der Waals surface area contributed by atoms with Crippen LogP contribution in [0.1, 0.15) is 24.0 Å². The lowest BCUT2D eigenvalue weighted by Gasteiger charge is -2.28. The fraction of sp³-hybridized carbons (Fsp3) is 0.318. The molecule has 1 aromatic carbocycles. The van der Waals surface area contributed by atoms with E-state index in [9.17, 15) is 0 Å². The van der Waals surface area contributed by atoms with Gasteiger partial charge in [-0.15, -0.1) is 13.2 Å². The summed E-state index contributed by atoms with van der Waals surface area (Å²) in [4.78, 5) is 11.6. The van der Waals surface area contributed by atoms with E-state index in [4.69, 9.17) is 0 Å². The standard InChI is InChI=1S/C22H26N6/c1-3-5-10-27-12-9-17-7-8-20(13-18(17)16-27)25-22-23-14-19-15-24-28(11-6-4-2)21(19)26-22/h3-4,7-8,13-15H,1-2,5-6,9-12,16H2,(H,23,25,26). The first-order valence-electron chi connectivity index (χ1n) is 9.78. The summed E-state index contributed by atoms with van der Waals surface area (Å²) >= 11 is 0. The average Bonchev–Trinajstić information content (AvgIpc) is 3.12. The van der Waals surface area contributed by atoms with E-state index in [1.807, 2.05) is 23.0 Å². The average molecular weight is 374 g/mol. The van der Waals surface area contributed by atoms with Gasteiger partial charge in [0, 0.05) is 38.1 Å². The minimum atomic E-state index is 0.590. The van der Waals surface area contributed by atoms with Gasteiger partial charge in [0.2, 0.25) is 5.95 Å². The molecule has 4 rings (SSSR count). The number of hydrogen-bond acceptors (Lipinski definition) is 5. The number of benzene rings is 1. The van der Waals surface area contributed by atoms with Gasteiger partial charge in [-0.05, 0) is 42.5 Å². The quantitative estimate of drug-likeness (QED) is 0.602. The van der Waals surface area contributed by atoms with Gasteiger partial charge in [-0.25, -0.2) is 9.67 Å². The number of anilines is 2. The number of aromatic nitrogens is 4. The van der Waals surface area contributed by atoms with Gasteiger partial charge in [-0.2, -0.15) is 10.1 Å². The molecule has 6 heteroatoms. The molecule has 1 aliphatic heterocycles. The Balaban J connectivity index is 1.53. The number of fused-ring (bicyclic) bond motifs is 2. The molecule has 2 aromatic heterocycles. The van der Waals surface area contributed by atoms with Crippen molar-refractivity contribution in [1.82, 2.24) is 24.6 Å². The number of allylic oxidation sites excluding steroid dienone is 1. The van der Waals surface area contributed by atoms with Crippen LogP contribution >= 0.6 is 0 Å². The summed E-state index contributed by atoms with van der Waals surface area (Å²) < 4.78 is 1.90. The predicted octanol–water partition coefficient (Wildman–Crippen LogP) is 4.08. The van der Waals surface area contributed by atoms with E-state index in [-0.39, 0.29) is 0 Å². The molecular weight excluding hydrogens is 348 g/mol. The van der Waals surface area contributed by atoms with Gasteiger partial charge in [0.25, 0.3) is 0 Å². The molecule has 6 nitrogen and oxygen atoms in total. The van der Waals surface area contributed by atoms with Crippen LogP contribution < -0.4 is 5.32 Å². The lowest BCUT2D eigenvalue weighted by Crippen LogP contribution is -2.31. The molecule has 0 bridgehead atoms. The fourth-order valence-electron chi connectivity index (χ4n) is 3.59. The second-order valence-electron chi connectivity index (χ2n) is 7.13. The highest BCUT2D eigenvalue weighted by molar-refractivity contribution is 5.75. The van der Waals surface area contributed by atoms with E-state index in [1.54, 1.807) is 6.20 Å². The van der Waals surface area contributed by atoms with Crippen molar-refractivity contribution < 1.29 is 0 Å². The summed E-state index contributed by atoms with van der Waals surface area (Å²) in [5.74, 6) is 0.590. The van der Waals surface area contributed by atoms with E-state index in [0.29, 0.717) is 5.95 Å². The van der Waals surface area contributed by atoms with E-state index >= 15 is 0 Å². The second kappa shape index (κ2) is 8.35. The number of nitrogens with zero attached hydrogens (tertiary/aromatic N) is 5. The zero-order valence-corrected chi connectivity index (χ0v) is 16.1. The van der Waals surface area contributed by atoms with Crippen LogP contribution in [0.2, 0.25) is 0 Å². The van der Waals surface area contributed by atoms with Crippen molar-refractivity contribution in [1.29, 1.82) is 0 Å². The van der Waals surface area contributed by atoms with Crippen molar-refractivity contribution in [2.75, 3.05) is 18.4 Å². The van der Waals surface area contributed by atoms with Crippen molar-refractivity contribution in [3.05, 3.63) is 67.0 Å². The van der Waals surface area contributed by atoms with Crippen molar-refractivity contribution >= 4 is 22.7 Å². The van der Waals surface area contributed by atoms with Crippen LogP contribution in [0.25, 0.3) is 11.0 Å². The molecule has 0 unspecified atom stereocenters. The van der Waals surface area contributed by atoms with Gasteiger partial charge in [0.05, 0.1) is 11.6 Å². The molecule has 1 N–H and O–H groups in total. The van der Waals surface area contributed by atoms with Crippen molar-refractivity contribution in [2.45, 2.75) is 32.4 Å². The highest BCUT2D eigenvalue weighted by Gasteiger charge is 2.16. The van der Waals surface area contributed by atoms with Crippen molar-refractivity contribution in [3.63, 3.8) is 0 Å². The second-order valence-corrected chi connectivity index (χ2v) is 7.13. The maximum Gasteiger partial charge on any atom is 0.229 e. The lowest BCUT2D eigenvalue weighted by atomic mass is 9.99. The Morgan fingerprint density at radius 3 is 2.79 bits per heavy atom. The first-order valence-corrected chi connectivity index (χ1v) is 9.78. The zero-order valence-electron chi connectivity index (χ0n) is 16.1. The third-order valence-electron chi connectivity index (χ3n) is 5.12. The normalized spacial score (nSPS) is 14.0. The number of hydrogen-bond donors (Lipinski definition) is 1. The Morgan fingerprint density at radius 2 is 1.93 bits per heavy atom. The van der Waals surface area contributed by atoms with Gasteiger partial charge in [-0.3, -0.25) is 4.90 Å². The van der Waals surface area contributed by atoms with Gasteiger partial charge < -0.3 is 5.32 Å². The Bertz CT molecular complexity index is 990. The molecule has 0 aliphatic carbocycles. The van der Waals surface area contributed by atoms with Gasteiger partial charge in [-0.1, -0.05) is 18.2 Å². The topological polar surface area (TPSA) is 58.9 Å². The van der Waals surface area contributed by atoms with E-state index in [1.165, 1.54) is 11.1 Å². The third kappa shape index (κ3) is 3.97. The first-order chi connectivity index (χ1) is 13.8. The Kier molecular flexibility index (Phi) is 5.48. The van der Waals surface area contributed by atoms with Crippen molar-refractivity contribution in [2.24, 2.45) is 0 Å². The van der Waals surface area contributed by atoms with Crippen LogP contribution in [0.3, 0.4) is 0 Å². The molecule has 3 aromatic rings. The summed E-state index contributed by atoms with van der Waals surface area (Å²) in [6.45, 7) is 11.5. The van der Waals surface area contributed by atoms with Crippen LogP contribution in [-0.4, -0.2) is 37.7 Å². The molecule has 0 saturated carbocycles. The number of rotatable bonds is 8. The molecule has 0 spiro atoms. The molecule has 3 heterocycles. The van der Waals surface area contributed by atoms with Crippen LogP contribution in [0.5, 0.6) is 0 Å². The van der Waals surface area contributed by atoms with Gasteiger partial charge in [0.1, 0.15) is 0 Å².